The van der Waals surface area contributed by atoms with Gasteiger partial charge in [-0.25, -0.2) is 0 Å². The number of nitrogens with zero attached hydrogens (tertiary/aromatic N) is 2. The van der Waals surface area contributed by atoms with Crippen LogP contribution in [0.3, 0.4) is 0 Å². The van der Waals surface area contributed by atoms with Gasteiger partial charge in [-0.3, -0.25) is 14.5 Å². The van der Waals surface area contributed by atoms with Crippen LogP contribution in [0.4, 0.5) is 0 Å². The fourth-order valence-electron chi connectivity index (χ4n) is 5.09. The average molecular weight is 465 g/mol. The summed E-state index contributed by atoms with van der Waals surface area (Å²) in [5.41, 5.74) is 1.26. The molecule has 0 radical (unpaired) electrons. The van der Waals surface area contributed by atoms with Crippen LogP contribution in [0.5, 0.6) is 0 Å². The summed E-state index contributed by atoms with van der Waals surface area (Å²) in [7, 11) is 0. The number of halogens is 1. The first-order valence-electron chi connectivity index (χ1n) is 12.3. The Bertz CT molecular complexity index is 948. The van der Waals surface area contributed by atoms with Crippen LogP contribution >= 0.6 is 11.6 Å². The molecule has 2 fully saturated rings. The Morgan fingerprint density at radius 2 is 1.12 bits per heavy atom. The summed E-state index contributed by atoms with van der Waals surface area (Å²) in [5, 5.41) is 0.339. The van der Waals surface area contributed by atoms with Gasteiger partial charge in [0.25, 0.3) is 11.8 Å². The lowest BCUT2D eigenvalue weighted by molar-refractivity contribution is 0.0685. The van der Waals surface area contributed by atoms with E-state index in [-0.39, 0.29) is 23.9 Å². The maximum Gasteiger partial charge on any atom is 0.259 e. The third kappa shape index (κ3) is 5.86. The van der Waals surface area contributed by atoms with Crippen LogP contribution in [-0.4, -0.2) is 33.7 Å². The Balaban J connectivity index is 1.69. The number of carbonyl (C=O) groups excluding carboxylic acids is 2. The van der Waals surface area contributed by atoms with Crippen LogP contribution in [0, 0.1) is 0 Å². The fraction of sp³-hybridized carbons (Fsp3) is 0.429. The van der Waals surface area contributed by atoms with E-state index in [0.717, 1.165) is 51.4 Å². The van der Waals surface area contributed by atoms with Gasteiger partial charge in [0, 0.05) is 29.4 Å². The van der Waals surface area contributed by atoms with Crippen molar-refractivity contribution in [3.63, 3.8) is 0 Å². The smallest absolute Gasteiger partial charge is 0.259 e. The van der Waals surface area contributed by atoms with Crippen molar-refractivity contribution >= 4 is 23.4 Å². The predicted molar refractivity (Wildman–Crippen MR) is 133 cm³/mol. The second-order valence-corrected chi connectivity index (χ2v) is 9.54. The number of amides is 2. The van der Waals surface area contributed by atoms with Gasteiger partial charge in [-0.15, -0.1) is 0 Å². The molecule has 4 rings (SSSR count). The van der Waals surface area contributed by atoms with Crippen molar-refractivity contribution in [2.24, 2.45) is 0 Å². The van der Waals surface area contributed by atoms with Gasteiger partial charge in [0.2, 0.25) is 0 Å². The quantitative estimate of drug-likeness (QED) is 0.433. The van der Waals surface area contributed by atoms with Crippen LogP contribution in [0.15, 0.2) is 72.0 Å². The van der Waals surface area contributed by atoms with Crippen LogP contribution in [0.2, 0.25) is 0 Å². The summed E-state index contributed by atoms with van der Waals surface area (Å²) in [6.45, 7) is 0. The zero-order chi connectivity index (χ0) is 23.0. The molecular formula is C28H33ClN2O2. The second-order valence-electron chi connectivity index (χ2n) is 9.16. The summed E-state index contributed by atoms with van der Waals surface area (Å²) < 4.78 is 0. The first-order chi connectivity index (χ1) is 16.1. The SMILES string of the molecule is O=C(c1ccccc1)N(C=C(Cl)N(C(=O)c1ccccc1)C1CCCCC1)C1CCCCC1. The van der Waals surface area contributed by atoms with E-state index in [1.807, 2.05) is 60.7 Å². The number of hydrogen-bond acceptors (Lipinski definition) is 2. The molecule has 0 saturated heterocycles. The minimum absolute atomic E-state index is 0.0511. The molecule has 2 aliphatic rings. The minimum Gasteiger partial charge on any atom is -0.309 e. The second kappa shape index (κ2) is 11.5. The van der Waals surface area contributed by atoms with E-state index in [4.69, 9.17) is 11.6 Å². The lowest BCUT2D eigenvalue weighted by Gasteiger charge is -2.36. The molecule has 2 aromatic rings. The molecule has 0 aromatic heterocycles. The maximum absolute atomic E-state index is 13.6. The molecule has 2 saturated carbocycles. The van der Waals surface area contributed by atoms with Crippen molar-refractivity contribution in [3.8, 4) is 0 Å². The van der Waals surface area contributed by atoms with Crippen LogP contribution in [0.1, 0.15) is 84.9 Å². The van der Waals surface area contributed by atoms with Crippen molar-refractivity contribution in [3.05, 3.63) is 83.1 Å². The summed E-state index contributed by atoms with van der Waals surface area (Å²) in [6.07, 6.45) is 12.3. The molecule has 0 spiro atoms. The molecule has 33 heavy (non-hydrogen) atoms. The molecule has 0 heterocycles. The zero-order valence-electron chi connectivity index (χ0n) is 19.2. The van der Waals surface area contributed by atoms with Gasteiger partial charge in [0.15, 0.2) is 0 Å². The molecule has 4 nitrogen and oxygen atoms in total. The van der Waals surface area contributed by atoms with Crippen molar-refractivity contribution in [2.75, 3.05) is 0 Å². The van der Waals surface area contributed by atoms with Gasteiger partial charge in [0.05, 0.1) is 0 Å². The molecule has 0 bridgehead atoms. The first-order valence-corrected chi connectivity index (χ1v) is 12.7. The Morgan fingerprint density at radius 3 is 1.64 bits per heavy atom. The van der Waals surface area contributed by atoms with Crippen molar-refractivity contribution in [1.82, 2.24) is 9.80 Å². The van der Waals surface area contributed by atoms with Crippen LogP contribution in [0.25, 0.3) is 0 Å². The van der Waals surface area contributed by atoms with Gasteiger partial charge < -0.3 is 4.90 Å². The molecule has 0 atom stereocenters. The molecule has 5 heteroatoms. The number of hydrogen-bond donors (Lipinski definition) is 0. The normalized spacial score (nSPS) is 18.0. The topological polar surface area (TPSA) is 40.6 Å². The molecule has 0 aliphatic heterocycles. The third-order valence-corrected chi connectivity index (χ3v) is 7.16. The third-order valence-electron chi connectivity index (χ3n) is 6.88. The van der Waals surface area contributed by atoms with Gasteiger partial charge in [0.1, 0.15) is 5.16 Å². The minimum atomic E-state index is -0.0977. The molecule has 0 N–H and O–H groups in total. The molecule has 2 aliphatic carbocycles. The Kier molecular flexibility index (Phi) is 8.22. The largest absolute Gasteiger partial charge is 0.309 e. The number of benzene rings is 2. The van der Waals surface area contributed by atoms with Gasteiger partial charge in [-0.2, -0.15) is 0 Å². The van der Waals surface area contributed by atoms with E-state index in [1.54, 1.807) is 16.0 Å². The molecular weight excluding hydrogens is 432 g/mol. The zero-order valence-corrected chi connectivity index (χ0v) is 19.9. The number of rotatable bonds is 6. The van der Waals surface area contributed by atoms with Gasteiger partial charge in [-0.1, -0.05) is 86.5 Å². The van der Waals surface area contributed by atoms with Crippen molar-refractivity contribution < 1.29 is 9.59 Å². The van der Waals surface area contributed by atoms with E-state index in [2.05, 4.69) is 0 Å². The Morgan fingerprint density at radius 1 is 0.667 bits per heavy atom. The lowest BCUT2D eigenvalue weighted by atomic mass is 9.93. The summed E-state index contributed by atoms with van der Waals surface area (Å²) in [6, 6.07) is 18.8. The van der Waals surface area contributed by atoms with Crippen LogP contribution < -0.4 is 0 Å². The Hall–Kier alpha value is -2.59. The Labute approximate surface area is 202 Å². The highest BCUT2D eigenvalue weighted by Gasteiger charge is 2.31. The van der Waals surface area contributed by atoms with E-state index in [0.29, 0.717) is 16.3 Å². The van der Waals surface area contributed by atoms with Crippen LogP contribution in [-0.2, 0) is 0 Å². The molecule has 2 amide bonds. The van der Waals surface area contributed by atoms with Gasteiger partial charge >= 0.3 is 0 Å². The predicted octanol–water partition coefficient (Wildman–Crippen LogP) is 6.97. The monoisotopic (exact) mass is 464 g/mol. The molecule has 0 unspecified atom stereocenters. The number of carbonyl (C=O) groups is 2. The van der Waals surface area contributed by atoms with E-state index < -0.39 is 0 Å². The summed E-state index contributed by atoms with van der Waals surface area (Å²) in [5.74, 6) is -0.157. The van der Waals surface area contributed by atoms with Crippen molar-refractivity contribution in [2.45, 2.75) is 76.3 Å². The van der Waals surface area contributed by atoms with E-state index in [9.17, 15) is 9.59 Å². The summed E-state index contributed by atoms with van der Waals surface area (Å²) in [4.78, 5) is 30.7. The fourth-order valence-corrected chi connectivity index (χ4v) is 5.41. The highest BCUT2D eigenvalue weighted by atomic mass is 35.5. The summed E-state index contributed by atoms with van der Waals surface area (Å²) >= 11 is 6.94. The first kappa shape index (κ1) is 23.6. The molecule has 2 aromatic carbocycles. The van der Waals surface area contributed by atoms with Crippen molar-refractivity contribution in [1.29, 1.82) is 0 Å². The van der Waals surface area contributed by atoms with Gasteiger partial charge in [-0.05, 0) is 49.9 Å². The average Bonchev–Trinajstić information content (AvgIpc) is 2.89. The highest BCUT2D eigenvalue weighted by Crippen LogP contribution is 2.31. The lowest BCUT2D eigenvalue weighted by Crippen LogP contribution is -2.42. The van der Waals surface area contributed by atoms with E-state index in [1.165, 1.54) is 12.8 Å². The maximum atomic E-state index is 13.6. The molecule has 174 valence electrons. The standard InChI is InChI=1S/C28H33ClN2O2/c29-26(31(25-19-11-4-12-20-25)28(33)23-15-7-2-8-16-23)21-30(24-17-9-3-10-18-24)27(32)22-13-5-1-6-14-22/h1-2,5-8,13-16,21,24-25H,3-4,9-12,17-20H2. The van der Waals surface area contributed by atoms with E-state index >= 15 is 0 Å². The highest BCUT2D eigenvalue weighted by molar-refractivity contribution is 6.30.